The van der Waals surface area contributed by atoms with Crippen LogP contribution in [-0.4, -0.2) is 35.9 Å². The van der Waals surface area contributed by atoms with E-state index in [2.05, 4.69) is 22.7 Å². The van der Waals surface area contributed by atoms with Crippen molar-refractivity contribution < 1.29 is 19.2 Å². The lowest BCUT2D eigenvalue weighted by Crippen LogP contribution is -2.12. The zero-order valence-electron chi connectivity index (χ0n) is 19.2. The first-order valence-electron chi connectivity index (χ1n) is 11.5. The topological polar surface area (TPSA) is 96.6 Å². The van der Waals surface area contributed by atoms with Crippen molar-refractivity contribution in [3.8, 4) is 17.0 Å². The zero-order chi connectivity index (χ0) is 23.8. The smallest absolute Gasteiger partial charge is 0.322 e. The highest BCUT2D eigenvalue weighted by Crippen LogP contribution is 2.35. The minimum atomic E-state index is -0.886. The number of benzene rings is 3. The van der Waals surface area contributed by atoms with Crippen LogP contribution >= 0.6 is 0 Å². The fraction of sp³-hybridized carbons (Fsp3) is 0.259. The molecule has 7 heteroatoms. The average Bonchev–Trinajstić information content (AvgIpc) is 3.29. The van der Waals surface area contributed by atoms with Crippen LogP contribution < -0.4 is 15.4 Å². The number of nitrogens with one attached hydrogen (secondary N) is 2. The Morgan fingerprint density at radius 1 is 1.00 bits per heavy atom. The van der Waals surface area contributed by atoms with Crippen LogP contribution in [0, 0.1) is 0 Å². The van der Waals surface area contributed by atoms with E-state index in [0.717, 1.165) is 70.7 Å². The minimum absolute atomic E-state index is 0.0996. The van der Waals surface area contributed by atoms with Crippen LogP contribution in [0.5, 0.6) is 5.75 Å². The molecular formula is C27H29N3O4. The predicted octanol–water partition coefficient (Wildman–Crippen LogP) is 5.82. The second kappa shape index (κ2) is 11.2. The molecule has 0 aliphatic heterocycles. The number of carboxylic acids is 1. The van der Waals surface area contributed by atoms with E-state index in [9.17, 15) is 4.79 Å². The van der Waals surface area contributed by atoms with Gasteiger partial charge >= 0.3 is 5.97 Å². The molecule has 4 rings (SSSR count). The van der Waals surface area contributed by atoms with Crippen molar-refractivity contribution in [2.24, 2.45) is 0 Å². The maximum Gasteiger partial charge on any atom is 0.322 e. The number of fused-ring (bicyclic) bond motifs is 1. The summed E-state index contributed by atoms with van der Waals surface area (Å²) < 4.78 is 11.9. The first kappa shape index (κ1) is 23.2. The molecule has 0 bridgehead atoms. The first-order chi connectivity index (χ1) is 16.7. The Labute approximate surface area is 198 Å². The Morgan fingerprint density at radius 3 is 2.44 bits per heavy atom. The molecule has 34 heavy (non-hydrogen) atoms. The van der Waals surface area contributed by atoms with Crippen molar-refractivity contribution >= 4 is 28.3 Å². The summed E-state index contributed by atoms with van der Waals surface area (Å²) in [5, 5.41) is 20.3. The highest BCUT2D eigenvalue weighted by Gasteiger charge is 2.17. The van der Waals surface area contributed by atoms with Gasteiger partial charge in [0, 0.05) is 29.0 Å². The van der Waals surface area contributed by atoms with E-state index in [1.54, 1.807) is 0 Å². The molecule has 176 valence electrons. The summed E-state index contributed by atoms with van der Waals surface area (Å²) in [4.78, 5) is 10.6. The second-order valence-electron chi connectivity index (χ2n) is 8.02. The van der Waals surface area contributed by atoms with E-state index >= 15 is 0 Å². The fourth-order valence-electron chi connectivity index (χ4n) is 3.84. The van der Waals surface area contributed by atoms with Crippen LogP contribution in [0.1, 0.15) is 25.3 Å². The summed E-state index contributed by atoms with van der Waals surface area (Å²) in [6, 6.07) is 21.7. The van der Waals surface area contributed by atoms with Gasteiger partial charge in [-0.2, -0.15) is 0 Å². The lowest BCUT2D eigenvalue weighted by atomic mass is 10.0. The van der Waals surface area contributed by atoms with Gasteiger partial charge in [0.2, 0.25) is 0 Å². The molecule has 4 aromatic rings. The molecule has 0 radical (unpaired) electrons. The number of carboxylic acid groups (broad SMARTS) is 1. The minimum Gasteiger partial charge on any atom is -0.493 e. The molecule has 0 amide bonds. The number of anilines is 2. The van der Waals surface area contributed by atoms with Gasteiger partial charge in [0.15, 0.2) is 5.58 Å². The number of carbonyl (C=O) groups is 1. The quantitative estimate of drug-likeness (QED) is 0.230. The van der Waals surface area contributed by atoms with Crippen LogP contribution in [0.15, 0.2) is 71.3 Å². The van der Waals surface area contributed by atoms with Crippen molar-refractivity contribution in [3.05, 3.63) is 72.3 Å². The van der Waals surface area contributed by atoms with Crippen molar-refractivity contribution in [1.82, 2.24) is 5.16 Å². The van der Waals surface area contributed by atoms with Gasteiger partial charge in [-0.3, -0.25) is 4.79 Å². The molecular weight excluding hydrogens is 430 g/mol. The molecule has 0 aliphatic carbocycles. The number of hydrogen-bond acceptors (Lipinski definition) is 6. The molecule has 1 aromatic heterocycles. The second-order valence-corrected chi connectivity index (χ2v) is 8.02. The molecule has 3 aromatic carbocycles. The van der Waals surface area contributed by atoms with Gasteiger partial charge in [0.05, 0.1) is 12.0 Å². The van der Waals surface area contributed by atoms with Crippen LogP contribution in [0.4, 0.5) is 11.4 Å². The lowest BCUT2D eigenvalue weighted by molar-refractivity contribution is -0.134. The van der Waals surface area contributed by atoms with E-state index in [0.29, 0.717) is 6.61 Å². The number of aliphatic carboxylic acids is 1. The number of hydrogen-bond donors (Lipinski definition) is 3. The first-order valence-corrected chi connectivity index (χ1v) is 11.5. The Balaban J connectivity index is 1.34. The van der Waals surface area contributed by atoms with Crippen LogP contribution in [0.3, 0.4) is 0 Å². The molecule has 3 N–H and O–H groups in total. The third-order valence-corrected chi connectivity index (χ3v) is 5.48. The monoisotopic (exact) mass is 459 g/mol. The van der Waals surface area contributed by atoms with E-state index in [-0.39, 0.29) is 6.54 Å². The maximum atomic E-state index is 10.6. The lowest BCUT2D eigenvalue weighted by Gasteiger charge is -2.12. The van der Waals surface area contributed by atoms with Crippen LogP contribution in [-0.2, 0) is 11.2 Å². The molecule has 7 nitrogen and oxygen atoms in total. The molecule has 0 fully saturated rings. The molecule has 0 unspecified atom stereocenters. The highest BCUT2D eigenvalue weighted by atomic mass is 16.5. The van der Waals surface area contributed by atoms with Gasteiger partial charge in [-0.05, 0) is 49.2 Å². The number of aromatic nitrogens is 1. The summed E-state index contributed by atoms with van der Waals surface area (Å²) in [6.45, 7) is 3.38. The number of aryl methyl sites for hydroxylation is 1. The molecule has 0 saturated heterocycles. The average molecular weight is 460 g/mol. The summed E-state index contributed by atoms with van der Waals surface area (Å²) in [7, 11) is 0. The van der Waals surface area contributed by atoms with E-state index in [4.69, 9.17) is 14.4 Å². The van der Waals surface area contributed by atoms with Gasteiger partial charge in [0.25, 0.3) is 0 Å². The standard InChI is InChI=1S/C27H29N3O4/c1-2-7-22-24(15-14-23-26(30-34-27(22)23)19-8-4-3-5-9-19)33-17-6-16-28-20-10-12-21(13-11-20)29-18-25(31)32/h3-5,8-15,28-29H,2,6-7,16-18H2,1H3,(H,31,32). The van der Waals surface area contributed by atoms with Gasteiger partial charge < -0.3 is 25.0 Å². The van der Waals surface area contributed by atoms with Crippen molar-refractivity contribution in [2.45, 2.75) is 26.2 Å². The van der Waals surface area contributed by atoms with Crippen molar-refractivity contribution in [1.29, 1.82) is 0 Å². The van der Waals surface area contributed by atoms with Gasteiger partial charge in [-0.1, -0.05) is 48.8 Å². The normalized spacial score (nSPS) is 10.9. The van der Waals surface area contributed by atoms with Crippen LogP contribution in [0.2, 0.25) is 0 Å². The predicted molar refractivity (Wildman–Crippen MR) is 135 cm³/mol. The van der Waals surface area contributed by atoms with Crippen LogP contribution in [0.25, 0.3) is 22.2 Å². The molecule has 0 spiro atoms. The summed E-state index contributed by atoms with van der Waals surface area (Å²) in [5.74, 6) is -0.0395. The summed E-state index contributed by atoms with van der Waals surface area (Å²) >= 11 is 0. The van der Waals surface area contributed by atoms with Gasteiger partial charge in [-0.25, -0.2) is 0 Å². The highest BCUT2D eigenvalue weighted by molar-refractivity contribution is 5.94. The Bertz CT molecular complexity index is 1220. The zero-order valence-corrected chi connectivity index (χ0v) is 19.2. The van der Waals surface area contributed by atoms with E-state index < -0.39 is 5.97 Å². The Kier molecular flexibility index (Phi) is 7.65. The van der Waals surface area contributed by atoms with E-state index in [1.165, 1.54) is 0 Å². The van der Waals surface area contributed by atoms with Crippen molar-refractivity contribution in [3.63, 3.8) is 0 Å². The summed E-state index contributed by atoms with van der Waals surface area (Å²) in [5.41, 5.74) is 5.50. The molecule has 0 aliphatic rings. The molecule has 0 saturated carbocycles. The molecule has 1 heterocycles. The Morgan fingerprint density at radius 2 is 1.74 bits per heavy atom. The largest absolute Gasteiger partial charge is 0.493 e. The third kappa shape index (κ3) is 5.67. The van der Waals surface area contributed by atoms with Gasteiger partial charge in [0.1, 0.15) is 18.0 Å². The summed E-state index contributed by atoms with van der Waals surface area (Å²) in [6.07, 6.45) is 2.67. The Hall–Kier alpha value is -4.00. The fourth-order valence-corrected chi connectivity index (χ4v) is 3.84. The number of nitrogens with zero attached hydrogens (tertiary/aromatic N) is 1. The van der Waals surface area contributed by atoms with Gasteiger partial charge in [-0.15, -0.1) is 0 Å². The van der Waals surface area contributed by atoms with Crippen molar-refractivity contribution in [2.75, 3.05) is 30.3 Å². The third-order valence-electron chi connectivity index (χ3n) is 5.48. The SMILES string of the molecule is CCCc1c(OCCCNc2ccc(NCC(=O)O)cc2)ccc2c(-c3ccccc3)noc12. The van der Waals surface area contributed by atoms with E-state index in [1.807, 2.05) is 66.7 Å². The number of ether oxygens (including phenoxy) is 1. The maximum absolute atomic E-state index is 10.6. The molecule has 0 atom stereocenters. The number of rotatable bonds is 12.